The van der Waals surface area contributed by atoms with Crippen molar-refractivity contribution < 1.29 is 19.3 Å². The fourth-order valence-electron chi connectivity index (χ4n) is 4.80. The monoisotopic (exact) mass is 462 g/mol. The summed E-state index contributed by atoms with van der Waals surface area (Å²) >= 11 is 6.11. The van der Waals surface area contributed by atoms with E-state index >= 15 is 0 Å². The Morgan fingerprint density at radius 2 is 1.76 bits per heavy atom. The zero-order valence-electron chi connectivity index (χ0n) is 18.2. The summed E-state index contributed by atoms with van der Waals surface area (Å²) in [5.74, 6) is -1.25. The van der Waals surface area contributed by atoms with Crippen molar-refractivity contribution in [1.29, 1.82) is 0 Å². The minimum atomic E-state index is -0.453. The highest BCUT2D eigenvalue weighted by molar-refractivity contribution is 6.45. The number of aromatic nitrogens is 3. The van der Waals surface area contributed by atoms with Gasteiger partial charge in [0.15, 0.2) is 12.4 Å². The summed E-state index contributed by atoms with van der Waals surface area (Å²) in [5.41, 5.74) is 1.33. The molecule has 0 bridgehead atoms. The second-order valence-corrected chi connectivity index (χ2v) is 8.87. The van der Waals surface area contributed by atoms with Gasteiger partial charge >= 0.3 is 5.91 Å². The van der Waals surface area contributed by atoms with Crippen LogP contribution in [-0.4, -0.2) is 32.5 Å². The van der Waals surface area contributed by atoms with Crippen molar-refractivity contribution in [3.8, 4) is 11.6 Å². The number of imide groups is 1. The normalized spacial score (nSPS) is 17.3. The molecule has 2 aliphatic rings. The van der Waals surface area contributed by atoms with Crippen LogP contribution in [0.4, 0.5) is 0 Å². The van der Waals surface area contributed by atoms with Crippen molar-refractivity contribution >= 4 is 34.7 Å². The molecule has 5 rings (SSSR count). The first kappa shape index (κ1) is 21.4. The zero-order chi connectivity index (χ0) is 23.1. The molecule has 0 spiro atoms. The van der Waals surface area contributed by atoms with Gasteiger partial charge in [-0.1, -0.05) is 43.0 Å². The van der Waals surface area contributed by atoms with E-state index in [1.165, 1.54) is 9.58 Å². The molecule has 168 valence electrons. The fraction of sp³-hybridized carbons (Fsp3) is 0.280. The van der Waals surface area contributed by atoms with E-state index in [0.717, 1.165) is 32.1 Å². The smallest absolute Gasteiger partial charge is 0.327 e. The van der Waals surface area contributed by atoms with Crippen molar-refractivity contribution in [1.82, 2.24) is 14.7 Å². The average molecular weight is 463 g/mol. The predicted molar refractivity (Wildman–Crippen MR) is 121 cm³/mol. The number of nitrogens with zero attached hydrogens (tertiary/aromatic N) is 4. The summed E-state index contributed by atoms with van der Waals surface area (Å²) in [5, 5.41) is 18.4. The lowest BCUT2D eigenvalue weighted by Crippen LogP contribution is -2.45. The summed E-state index contributed by atoms with van der Waals surface area (Å²) in [6.45, 7) is 1.68. The van der Waals surface area contributed by atoms with Gasteiger partial charge in [-0.3, -0.25) is 14.5 Å². The van der Waals surface area contributed by atoms with Crippen LogP contribution in [0.2, 0.25) is 5.02 Å². The number of aryl methyl sites for hydroxylation is 1. The number of hydrogen-bond acceptors (Lipinski definition) is 4. The maximum Gasteiger partial charge on any atom is 0.327 e. The largest absolute Gasteiger partial charge is 0.858 e. The maximum absolute atomic E-state index is 13.7. The Labute approximate surface area is 196 Å². The van der Waals surface area contributed by atoms with Crippen molar-refractivity contribution in [3.05, 3.63) is 71.1 Å². The molecule has 0 saturated heterocycles. The van der Waals surface area contributed by atoms with Gasteiger partial charge in [-0.05, 0) is 43.8 Å². The van der Waals surface area contributed by atoms with E-state index in [0.29, 0.717) is 16.4 Å². The summed E-state index contributed by atoms with van der Waals surface area (Å²) in [6.07, 6.45) is 8.04. The van der Waals surface area contributed by atoms with Crippen LogP contribution in [-0.2, 0) is 9.59 Å². The SMILES string of the molecule is Cc1nn(-c2cccc(Cl)c2)c([O-])c1C1=C([n+]2ccccc2)C(=O)N(C2CCCCC2)C1=O. The van der Waals surface area contributed by atoms with Crippen molar-refractivity contribution in [2.75, 3.05) is 0 Å². The lowest BCUT2D eigenvalue weighted by Gasteiger charge is -2.29. The second-order valence-electron chi connectivity index (χ2n) is 8.44. The number of halogens is 1. The van der Waals surface area contributed by atoms with Gasteiger partial charge in [0.25, 0.3) is 11.6 Å². The number of benzene rings is 1. The van der Waals surface area contributed by atoms with Gasteiger partial charge < -0.3 is 5.11 Å². The minimum absolute atomic E-state index is 0.109. The summed E-state index contributed by atoms with van der Waals surface area (Å²) in [6, 6.07) is 12.0. The van der Waals surface area contributed by atoms with Crippen LogP contribution < -0.4 is 9.67 Å². The summed E-state index contributed by atoms with van der Waals surface area (Å²) in [4.78, 5) is 28.7. The van der Waals surface area contributed by atoms with Crippen LogP contribution in [0.25, 0.3) is 17.0 Å². The lowest BCUT2D eigenvalue weighted by atomic mass is 9.94. The van der Waals surface area contributed by atoms with E-state index in [2.05, 4.69) is 5.10 Å². The molecule has 3 heterocycles. The van der Waals surface area contributed by atoms with Crippen molar-refractivity contribution in [3.63, 3.8) is 0 Å². The van der Waals surface area contributed by atoms with E-state index in [4.69, 9.17) is 11.6 Å². The van der Waals surface area contributed by atoms with Crippen LogP contribution >= 0.6 is 11.6 Å². The molecule has 2 aromatic heterocycles. The Bertz CT molecular complexity index is 1280. The molecule has 3 aromatic rings. The van der Waals surface area contributed by atoms with Gasteiger partial charge in [-0.25, -0.2) is 4.68 Å². The minimum Gasteiger partial charge on any atom is -0.858 e. The number of amides is 2. The maximum atomic E-state index is 13.7. The molecule has 0 unspecified atom stereocenters. The van der Waals surface area contributed by atoms with E-state index in [1.807, 2.05) is 6.07 Å². The lowest BCUT2D eigenvalue weighted by molar-refractivity contribution is -0.576. The Balaban J connectivity index is 1.69. The highest BCUT2D eigenvalue weighted by Crippen LogP contribution is 2.39. The molecular weight excluding hydrogens is 440 g/mol. The first-order valence-corrected chi connectivity index (χ1v) is 11.5. The highest BCUT2D eigenvalue weighted by Gasteiger charge is 2.49. The third kappa shape index (κ3) is 3.62. The second kappa shape index (κ2) is 8.48. The van der Waals surface area contributed by atoms with Crippen LogP contribution in [0, 0.1) is 6.92 Å². The predicted octanol–water partition coefficient (Wildman–Crippen LogP) is 3.27. The molecule has 7 nitrogen and oxygen atoms in total. The number of hydrogen-bond donors (Lipinski definition) is 0. The van der Waals surface area contributed by atoms with Crippen molar-refractivity contribution in [2.45, 2.75) is 45.1 Å². The van der Waals surface area contributed by atoms with Gasteiger partial charge in [0.1, 0.15) is 5.57 Å². The molecule has 1 aliphatic carbocycles. The van der Waals surface area contributed by atoms with Crippen molar-refractivity contribution in [2.24, 2.45) is 0 Å². The standard InChI is InChI=1S/C25H23ClN4O3/c1-16-20(24(32)30(27-16)19-12-8-9-17(26)15-19)21-22(28-13-6-3-7-14-28)25(33)29(23(21)31)18-10-4-2-5-11-18/h3,6-9,12-15,18H,2,4-5,10-11H2,1H3. The Hall–Kier alpha value is -3.45. The Kier molecular flexibility index (Phi) is 5.50. The number of pyridine rings is 1. The molecule has 0 radical (unpaired) electrons. The molecule has 1 saturated carbocycles. The molecule has 0 N–H and O–H groups in total. The molecule has 2 amide bonds. The fourth-order valence-corrected chi connectivity index (χ4v) is 4.98. The molecule has 1 fully saturated rings. The van der Waals surface area contributed by atoms with Crippen LogP contribution in [0.5, 0.6) is 5.88 Å². The molecule has 8 heteroatoms. The van der Waals surface area contributed by atoms with Crippen LogP contribution in [0.15, 0.2) is 54.9 Å². The van der Waals surface area contributed by atoms with E-state index in [1.54, 1.807) is 60.3 Å². The first-order valence-electron chi connectivity index (χ1n) is 11.1. The number of carbonyl (C=O) groups is 2. The van der Waals surface area contributed by atoms with Gasteiger partial charge in [-0.2, -0.15) is 9.67 Å². The molecule has 33 heavy (non-hydrogen) atoms. The first-order chi connectivity index (χ1) is 16.0. The third-order valence-corrected chi connectivity index (χ3v) is 6.56. The summed E-state index contributed by atoms with van der Waals surface area (Å²) < 4.78 is 2.85. The molecular formula is C25H23ClN4O3. The Morgan fingerprint density at radius 3 is 2.45 bits per heavy atom. The van der Waals surface area contributed by atoms with Gasteiger partial charge in [0.05, 0.1) is 11.4 Å². The van der Waals surface area contributed by atoms with Crippen LogP contribution in [0.1, 0.15) is 43.4 Å². The molecule has 0 atom stereocenters. The quantitative estimate of drug-likeness (QED) is 0.440. The molecule has 1 aliphatic heterocycles. The van der Waals surface area contributed by atoms with Gasteiger partial charge in [0.2, 0.25) is 0 Å². The van der Waals surface area contributed by atoms with E-state index in [-0.39, 0.29) is 28.8 Å². The van der Waals surface area contributed by atoms with Gasteiger partial charge in [-0.15, -0.1) is 0 Å². The Morgan fingerprint density at radius 1 is 1.03 bits per heavy atom. The number of carbonyl (C=O) groups excluding carboxylic acids is 2. The van der Waals surface area contributed by atoms with Gasteiger partial charge in [0, 0.05) is 28.8 Å². The topological polar surface area (TPSA) is 82.1 Å². The van der Waals surface area contributed by atoms with E-state index < -0.39 is 11.8 Å². The number of rotatable bonds is 4. The highest BCUT2D eigenvalue weighted by atomic mass is 35.5. The van der Waals surface area contributed by atoms with Crippen LogP contribution in [0.3, 0.4) is 0 Å². The third-order valence-electron chi connectivity index (χ3n) is 6.33. The average Bonchev–Trinajstić information content (AvgIpc) is 3.26. The summed E-state index contributed by atoms with van der Waals surface area (Å²) in [7, 11) is 0. The molecule has 1 aromatic carbocycles. The zero-order valence-corrected chi connectivity index (χ0v) is 19.0. The van der Waals surface area contributed by atoms with E-state index in [9.17, 15) is 14.7 Å².